The van der Waals surface area contributed by atoms with Crippen molar-refractivity contribution >= 4 is 13.6 Å². The molecule has 0 aromatic heterocycles. The van der Waals surface area contributed by atoms with Crippen LogP contribution in [-0.2, 0) is 9.36 Å². The maximum Gasteiger partial charge on any atom is 0.328 e. The van der Waals surface area contributed by atoms with E-state index in [0.717, 1.165) is 0 Å². The Labute approximate surface area is 107 Å². The lowest BCUT2D eigenvalue weighted by Crippen LogP contribution is -2.16. The Kier molecular flexibility index (Phi) is 7.71. The fourth-order valence-electron chi connectivity index (χ4n) is 1.71. The molecule has 0 saturated carbocycles. The molecule has 108 valence electrons. The third-order valence-corrected chi connectivity index (χ3v) is 4.71. The number of aliphatic hydroxyl groups excluding tert-OH is 1. The van der Waals surface area contributed by atoms with Crippen LogP contribution in [0.3, 0.4) is 0 Å². The Morgan fingerprint density at radius 1 is 1.17 bits per heavy atom. The first-order chi connectivity index (χ1) is 8.18. The summed E-state index contributed by atoms with van der Waals surface area (Å²) in [6.45, 7) is 3.27. The fraction of sp³-hybridized carbons (Fsp3) is 0.909. The van der Waals surface area contributed by atoms with E-state index in [1.807, 2.05) is 0 Å². The third kappa shape index (κ3) is 7.11. The SMILES string of the molecule is CCC(CCC(O)CCC(C)C(=O)O)P(=O)(O)O. The van der Waals surface area contributed by atoms with Crippen LogP contribution in [0.5, 0.6) is 0 Å². The second-order valence-corrected chi connectivity index (χ2v) is 6.61. The van der Waals surface area contributed by atoms with Gasteiger partial charge < -0.3 is 20.0 Å². The quantitative estimate of drug-likeness (QED) is 0.477. The summed E-state index contributed by atoms with van der Waals surface area (Å²) in [5, 5.41) is 18.3. The maximum atomic E-state index is 11.1. The molecule has 3 atom stereocenters. The van der Waals surface area contributed by atoms with Crippen LogP contribution < -0.4 is 0 Å². The molecule has 3 unspecified atom stereocenters. The number of rotatable bonds is 9. The normalized spacial score (nSPS) is 17.2. The molecule has 7 heteroatoms. The van der Waals surface area contributed by atoms with Gasteiger partial charge in [0.25, 0.3) is 0 Å². The molecule has 0 aliphatic rings. The number of aliphatic hydroxyl groups is 1. The van der Waals surface area contributed by atoms with Gasteiger partial charge >= 0.3 is 13.6 Å². The Morgan fingerprint density at radius 2 is 1.67 bits per heavy atom. The van der Waals surface area contributed by atoms with Crippen molar-refractivity contribution in [1.82, 2.24) is 0 Å². The van der Waals surface area contributed by atoms with Crippen molar-refractivity contribution in [2.24, 2.45) is 5.92 Å². The molecule has 18 heavy (non-hydrogen) atoms. The number of carboxylic acids is 1. The summed E-state index contributed by atoms with van der Waals surface area (Å²) >= 11 is 0. The summed E-state index contributed by atoms with van der Waals surface area (Å²) in [7, 11) is -4.09. The summed E-state index contributed by atoms with van der Waals surface area (Å²) in [4.78, 5) is 28.6. The smallest absolute Gasteiger partial charge is 0.328 e. The zero-order chi connectivity index (χ0) is 14.3. The summed E-state index contributed by atoms with van der Waals surface area (Å²) in [6, 6.07) is 0. The second-order valence-electron chi connectivity index (χ2n) is 4.70. The number of hydrogen-bond donors (Lipinski definition) is 4. The molecular formula is C11H23O6P. The van der Waals surface area contributed by atoms with Crippen molar-refractivity contribution in [2.75, 3.05) is 0 Å². The van der Waals surface area contributed by atoms with Gasteiger partial charge in [-0.2, -0.15) is 0 Å². The minimum atomic E-state index is -4.09. The van der Waals surface area contributed by atoms with E-state index in [4.69, 9.17) is 14.9 Å². The van der Waals surface area contributed by atoms with Gasteiger partial charge in [0.1, 0.15) is 0 Å². The largest absolute Gasteiger partial charge is 0.481 e. The van der Waals surface area contributed by atoms with Gasteiger partial charge in [-0.25, -0.2) is 0 Å². The lowest BCUT2D eigenvalue weighted by atomic mass is 10.00. The highest BCUT2D eigenvalue weighted by Gasteiger charge is 2.27. The topological polar surface area (TPSA) is 115 Å². The first-order valence-corrected chi connectivity index (χ1v) is 7.82. The molecule has 0 saturated heterocycles. The molecule has 0 aromatic rings. The van der Waals surface area contributed by atoms with Gasteiger partial charge in [-0.3, -0.25) is 9.36 Å². The van der Waals surface area contributed by atoms with Gasteiger partial charge in [-0.1, -0.05) is 13.8 Å². The van der Waals surface area contributed by atoms with Crippen molar-refractivity contribution < 1.29 is 29.4 Å². The van der Waals surface area contributed by atoms with E-state index < -0.39 is 31.2 Å². The van der Waals surface area contributed by atoms with Crippen molar-refractivity contribution in [3.05, 3.63) is 0 Å². The van der Waals surface area contributed by atoms with Crippen LogP contribution in [0.1, 0.15) is 46.0 Å². The van der Waals surface area contributed by atoms with E-state index in [-0.39, 0.29) is 12.8 Å². The van der Waals surface area contributed by atoms with Crippen molar-refractivity contribution in [3.8, 4) is 0 Å². The molecule has 0 bridgehead atoms. The molecule has 0 heterocycles. The minimum Gasteiger partial charge on any atom is -0.481 e. The highest BCUT2D eigenvalue weighted by molar-refractivity contribution is 7.52. The lowest BCUT2D eigenvalue weighted by molar-refractivity contribution is -0.141. The van der Waals surface area contributed by atoms with E-state index in [1.165, 1.54) is 0 Å². The average Bonchev–Trinajstić information content (AvgIpc) is 2.24. The first kappa shape index (κ1) is 17.6. The van der Waals surface area contributed by atoms with E-state index in [9.17, 15) is 14.5 Å². The van der Waals surface area contributed by atoms with Crippen LogP contribution in [0, 0.1) is 5.92 Å². The molecule has 0 rings (SSSR count). The summed E-state index contributed by atoms with van der Waals surface area (Å²) in [5.41, 5.74) is -0.718. The molecule has 0 amide bonds. The highest BCUT2D eigenvalue weighted by atomic mass is 31.2. The Bertz CT molecular complexity index is 300. The van der Waals surface area contributed by atoms with Crippen LogP contribution in [0.4, 0.5) is 0 Å². The van der Waals surface area contributed by atoms with Gasteiger partial charge in [0.2, 0.25) is 0 Å². The predicted molar refractivity (Wildman–Crippen MR) is 67.4 cm³/mol. The van der Waals surface area contributed by atoms with E-state index in [1.54, 1.807) is 13.8 Å². The standard InChI is InChI=1S/C11H23O6P/c1-3-10(18(15,16)17)7-6-9(12)5-4-8(2)11(13)14/h8-10,12H,3-7H2,1-2H3,(H,13,14)(H2,15,16,17). The third-order valence-electron chi connectivity index (χ3n) is 3.13. The van der Waals surface area contributed by atoms with Crippen LogP contribution in [0.25, 0.3) is 0 Å². The van der Waals surface area contributed by atoms with Crippen LogP contribution in [0.15, 0.2) is 0 Å². The van der Waals surface area contributed by atoms with Gasteiger partial charge in [0, 0.05) is 0 Å². The summed E-state index contributed by atoms with van der Waals surface area (Å²) in [6.07, 6.45) is 0.906. The maximum absolute atomic E-state index is 11.1. The molecule has 0 radical (unpaired) electrons. The Morgan fingerprint density at radius 3 is 2.06 bits per heavy atom. The molecule has 0 aromatic carbocycles. The molecule has 0 fully saturated rings. The summed E-state index contributed by atoms with van der Waals surface area (Å²) in [5.74, 6) is -1.41. The van der Waals surface area contributed by atoms with E-state index in [2.05, 4.69) is 0 Å². The van der Waals surface area contributed by atoms with Gasteiger partial charge in [0.05, 0.1) is 17.7 Å². The lowest BCUT2D eigenvalue weighted by Gasteiger charge is -2.18. The number of aliphatic carboxylic acids is 1. The molecule has 0 spiro atoms. The molecule has 0 aliphatic heterocycles. The number of carboxylic acid groups (broad SMARTS) is 1. The number of hydrogen-bond acceptors (Lipinski definition) is 3. The van der Waals surface area contributed by atoms with Crippen LogP contribution in [-0.4, -0.2) is 37.7 Å². The zero-order valence-corrected chi connectivity index (χ0v) is 11.7. The van der Waals surface area contributed by atoms with Gasteiger partial charge in [-0.05, 0) is 32.1 Å². The van der Waals surface area contributed by atoms with Gasteiger partial charge in [-0.15, -0.1) is 0 Å². The molecule has 6 nitrogen and oxygen atoms in total. The Hall–Kier alpha value is -0.420. The van der Waals surface area contributed by atoms with Crippen LogP contribution >= 0.6 is 7.60 Å². The molecular weight excluding hydrogens is 259 g/mol. The fourth-order valence-corrected chi connectivity index (χ4v) is 2.67. The van der Waals surface area contributed by atoms with Crippen molar-refractivity contribution in [3.63, 3.8) is 0 Å². The Balaban J connectivity index is 3.99. The second kappa shape index (κ2) is 7.89. The van der Waals surface area contributed by atoms with Crippen molar-refractivity contribution in [2.45, 2.75) is 57.7 Å². The summed E-state index contributed by atoms with van der Waals surface area (Å²) < 4.78 is 11.1. The zero-order valence-electron chi connectivity index (χ0n) is 10.8. The minimum absolute atomic E-state index is 0.253. The van der Waals surface area contributed by atoms with Crippen LogP contribution in [0.2, 0.25) is 0 Å². The molecule has 4 N–H and O–H groups in total. The number of carbonyl (C=O) groups is 1. The highest BCUT2D eigenvalue weighted by Crippen LogP contribution is 2.45. The monoisotopic (exact) mass is 282 g/mol. The van der Waals surface area contributed by atoms with Crippen molar-refractivity contribution in [1.29, 1.82) is 0 Å². The predicted octanol–water partition coefficient (Wildman–Crippen LogP) is 1.58. The van der Waals surface area contributed by atoms with E-state index in [0.29, 0.717) is 19.3 Å². The molecule has 0 aliphatic carbocycles. The van der Waals surface area contributed by atoms with E-state index >= 15 is 0 Å². The first-order valence-electron chi connectivity index (χ1n) is 6.14. The average molecular weight is 282 g/mol. The van der Waals surface area contributed by atoms with Gasteiger partial charge in [0.15, 0.2) is 0 Å².